The van der Waals surface area contributed by atoms with Gasteiger partial charge in [-0.1, -0.05) is 24.3 Å². The van der Waals surface area contributed by atoms with Crippen molar-refractivity contribution in [3.63, 3.8) is 0 Å². The monoisotopic (exact) mass is 755 g/mol. The van der Waals surface area contributed by atoms with Crippen LogP contribution in [0.15, 0.2) is 77.6 Å². The van der Waals surface area contributed by atoms with Crippen LogP contribution in [0.4, 0.5) is 0 Å². The number of aliphatic hydroxyl groups excluding tert-OH is 1. The zero-order valence-electron chi connectivity index (χ0n) is 28.7. The van der Waals surface area contributed by atoms with E-state index in [0.29, 0.717) is 52.8 Å². The Kier molecular flexibility index (Phi) is 10.8. The molecular formula is C40H46AsN3O7. The summed E-state index contributed by atoms with van der Waals surface area (Å²) in [5.74, 6) is 0.320. The molecule has 4 aromatic rings. The summed E-state index contributed by atoms with van der Waals surface area (Å²) in [4.78, 5) is 44.4. The number of amides is 1. The Bertz CT molecular complexity index is 1910. The number of aromatic amines is 1. The Morgan fingerprint density at radius 3 is 2.51 bits per heavy atom. The van der Waals surface area contributed by atoms with Crippen LogP contribution in [0, 0.1) is 5.92 Å². The van der Waals surface area contributed by atoms with E-state index in [1.54, 1.807) is 30.3 Å². The summed E-state index contributed by atoms with van der Waals surface area (Å²) >= 11 is -0.380. The van der Waals surface area contributed by atoms with Crippen LogP contribution in [0.5, 0.6) is 11.5 Å². The number of fused-ring (bicyclic) bond motifs is 5. The van der Waals surface area contributed by atoms with Crippen LogP contribution in [-0.4, -0.2) is 85.6 Å². The molecule has 1 aromatic heterocycles. The van der Waals surface area contributed by atoms with Crippen LogP contribution >= 0.6 is 0 Å². The van der Waals surface area contributed by atoms with E-state index in [9.17, 15) is 24.6 Å². The predicted molar refractivity (Wildman–Crippen MR) is 197 cm³/mol. The van der Waals surface area contributed by atoms with Crippen molar-refractivity contribution in [1.82, 2.24) is 15.2 Å². The van der Waals surface area contributed by atoms with Gasteiger partial charge in [0.25, 0.3) is 0 Å². The Morgan fingerprint density at radius 2 is 1.76 bits per heavy atom. The molecule has 1 aliphatic carbocycles. The molecule has 3 atom stereocenters. The molecule has 4 aliphatic rings. The van der Waals surface area contributed by atoms with Crippen molar-refractivity contribution >= 4 is 38.5 Å². The van der Waals surface area contributed by atoms with Crippen molar-refractivity contribution in [2.24, 2.45) is 5.92 Å². The fourth-order valence-electron chi connectivity index (χ4n) is 7.83. The first-order valence-corrected chi connectivity index (χ1v) is 21.0. The fraction of sp³-hybridized carbons (Fsp3) is 0.425. The molecule has 1 amide bonds. The van der Waals surface area contributed by atoms with Crippen LogP contribution in [0.2, 0.25) is 10.4 Å². The number of nitrogens with one attached hydrogen (secondary N) is 2. The standard InChI is InChI=1S/C40H46AsN3O7/c45-33-13-11-31(32-12-14-36(47)42-37(32)33)34(46)24-41-17-4-1-5-20-50-30-10-6-9-27(21-30)38(48)43-40(22-28-7-2-3-8-29(28)23-40)39(49)51-35-25-44-18-15-26(35)16-19-44/h2-3,6-14,21,26,34-35,41,45-46H,1,4-5,15-20,22-25H2,(H,42,47)(H,43,48)/t34-,35-/m0/s1. The van der Waals surface area contributed by atoms with E-state index in [-0.39, 0.29) is 45.0 Å². The minimum absolute atomic E-state index is 0.00710. The van der Waals surface area contributed by atoms with Gasteiger partial charge in [-0.25, -0.2) is 4.79 Å². The number of phenolic OH excluding ortho intramolecular Hbond substituents is 1. The number of rotatable bonds is 14. The number of H-pyrrole nitrogens is 1. The number of hydrogen-bond acceptors (Lipinski definition) is 8. The number of unbranched alkanes of at least 4 members (excludes halogenated alkanes) is 2. The maximum absolute atomic E-state index is 13.9. The number of esters is 1. The second-order valence-corrected chi connectivity index (χ2v) is 17.1. The molecule has 0 radical (unpaired) electrons. The number of benzene rings is 3. The van der Waals surface area contributed by atoms with Gasteiger partial charge in [-0.15, -0.1) is 0 Å². The third-order valence-electron chi connectivity index (χ3n) is 10.7. The van der Waals surface area contributed by atoms with Gasteiger partial charge in [0.05, 0.1) is 0 Å². The molecule has 4 N–H and O–H groups in total. The molecule has 0 saturated carbocycles. The maximum atomic E-state index is 13.9. The first-order valence-electron chi connectivity index (χ1n) is 18.1. The summed E-state index contributed by atoms with van der Waals surface area (Å²) < 4.78 is 12.2. The topological polar surface area (TPSA) is 141 Å². The molecule has 3 saturated heterocycles. The Hall–Kier alpha value is -4.11. The normalized spacial score (nSPS) is 21.1. The summed E-state index contributed by atoms with van der Waals surface area (Å²) in [7, 11) is 0. The van der Waals surface area contributed by atoms with Crippen LogP contribution in [0.25, 0.3) is 10.9 Å². The zero-order chi connectivity index (χ0) is 35.4. The van der Waals surface area contributed by atoms with Gasteiger partial charge in [0, 0.05) is 19.4 Å². The Morgan fingerprint density at radius 1 is 0.980 bits per heavy atom. The number of aliphatic hydroxyl groups is 1. The van der Waals surface area contributed by atoms with Gasteiger partial charge in [0.2, 0.25) is 0 Å². The average molecular weight is 756 g/mol. The Labute approximate surface area is 304 Å². The summed E-state index contributed by atoms with van der Waals surface area (Å²) in [6.45, 7) is 3.41. The number of nitrogens with zero attached hydrogens (tertiary/aromatic N) is 1. The second-order valence-electron chi connectivity index (χ2n) is 14.2. The molecule has 8 rings (SSSR count). The van der Waals surface area contributed by atoms with Gasteiger partial charge >= 0.3 is 198 Å². The van der Waals surface area contributed by atoms with Crippen molar-refractivity contribution in [1.29, 1.82) is 0 Å². The van der Waals surface area contributed by atoms with Crippen molar-refractivity contribution in [2.75, 3.05) is 26.2 Å². The molecule has 3 aromatic carbocycles. The van der Waals surface area contributed by atoms with E-state index < -0.39 is 11.6 Å². The van der Waals surface area contributed by atoms with E-state index in [4.69, 9.17) is 9.47 Å². The molecule has 268 valence electrons. The number of aromatic hydroxyl groups is 1. The summed E-state index contributed by atoms with van der Waals surface area (Å²) in [6.07, 6.45) is 5.03. The average Bonchev–Trinajstić information content (AvgIpc) is 3.53. The number of phenols is 1. The number of ether oxygens (including phenoxy) is 2. The summed E-state index contributed by atoms with van der Waals surface area (Å²) in [5.41, 5.74) is 2.19. The van der Waals surface area contributed by atoms with Crippen molar-refractivity contribution in [3.8, 4) is 11.5 Å². The second kappa shape index (κ2) is 15.6. The minimum atomic E-state index is -1.15. The zero-order valence-corrected chi connectivity index (χ0v) is 30.8. The summed E-state index contributed by atoms with van der Waals surface area (Å²) in [6, 6.07) is 21.4. The number of carbonyl (C=O) groups excluding carboxylic acids is 2. The predicted octanol–water partition coefficient (Wildman–Crippen LogP) is 4.69. The molecule has 4 heterocycles. The first kappa shape index (κ1) is 35.3. The first-order chi connectivity index (χ1) is 24.8. The number of aromatic nitrogens is 1. The van der Waals surface area contributed by atoms with E-state index >= 15 is 0 Å². The van der Waals surface area contributed by atoms with E-state index in [0.717, 1.165) is 73.6 Å². The van der Waals surface area contributed by atoms with E-state index in [1.165, 1.54) is 12.1 Å². The number of hydrogen-bond donors (Lipinski definition) is 4. The SMILES string of the molecule is O=C(NC1(C(=O)O[C@H]2CN3CCC2CC3)Cc2ccccc2C1)c1cccc(OCCCCC[AsH]C[C@H](O)c2ccc(O)c3[nH]c(=O)ccc23)c1. The van der Waals surface area contributed by atoms with Gasteiger partial charge < -0.3 is 4.74 Å². The van der Waals surface area contributed by atoms with Gasteiger partial charge in [-0.3, -0.25) is 4.90 Å². The van der Waals surface area contributed by atoms with Crippen molar-refractivity contribution in [2.45, 2.75) is 73.1 Å². The summed E-state index contributed by atoms with van der Waals surface area (Å²) in [5, 5.41) is 26.5. The van der Waals surface area contributed by atoms with Crippen molar-refractivity contribution in [3.05, 3.63) is 105 Å². The third kappa shape index (κ3) is 8.03. The number of pyridine rings is 1. The third-order valence-corrected chi connectivity index (χ3v) is 13.6. The molecule has 3 fully saturated rings. The van der Waals surface area contributed by atoms with E-state index in [2.05, 4.69) is 15.2 Å². The number of piperidine rings is 3. The van der Waals surface area contributed by atoms with Crippen molar-refractivity contribution < 1.29 is 29.3 Å². The van der Waals surface area contributed by atoms with Gasteiger partial charge in [-0.05, 0) is 43.0 Å². The molecular weight excluding hydrogens is 709 g/mol. The molecule has 2 bridgehead atoms. The van der Waals surface area contributed by atoms with E-state index in [1.807, 2.05) is 30.3 Å². The number of carbonyl (C=O) groups is 2. The fourth-order valence-corrected chi connectivity index (χ4v) is 10.3. The van der Waals surface area contributed by atoms with Gasteiger partial charge in [-0.2, -0.15) is 0 Å². The molecule has 51 heavy (non-hydrogen) atoms. The quantitative estimate of drug-likeness (QED) is 0.0826. The Balaban J connectivity index is 0.879. The molecule has 10 nitrogen and oxygen atoms in total. The molecule has 1 unspecified atom stereocenters. The van der Waals surface area contributed by atoms with Crippen LogP contribution in [0.3, 0.4) is 0 Å². The van der Waals surface area contributed by atoms with Gasteiger partial charge in [0.15, 0.2) is 0 Å². The van der Waals surface area contributed by atoms with Crippen LogP contribution in [-0.2, 0) is 22.4 Å². The van der Waals surface area contributed by atoms with Gasteiger partial charge in [0.1, 0.15) is 6.10 Å². The van der Waals surface area contributed by atoms with Crippen LogP contribution < -0.4 is 15.6 Å². The molecule has 3 aliphatic heterocycles. The molecule has 0 spiro atoms. The van der Waals surface area contributed by atoms with Crippen LogP contribution in [0.1, 0.15) is 65.3 Å². The molecule has 11 heteroatoms.